The number of carboxylic acids is 2. The summed E-state index contributed by atoms with van der Waals surface area (Å²) < 4.78 is 0. The van der Waals surface area contributed by atoms with E-state index in [0.29, 0.717) is 30.4 Å². The lowest BCUT2D eigenvalue weighted by molar-refractivity contribution is -0.144. The van der Waals surface area contributed by atoms with Crippen molar-refractivity contribution in [1.82, 2.24) is 42.5 Å². The second-order valence-electron chi connectivity index (χ2n) is 20.9. The van der Waals surface area contributed by atoms with E-state index in [1.165, 1.54) is 24.3 Å². The molecule has 0 unspecified atom stereocenters. The summed E-state index contributed by atoms with van der Waals surface area (Å²) in [6, 6.07) is 10.8. The molecule has 0 heterocycles. The number of nitrogens with one attached hydrogen (secondary N) is 8. The van der Waals surface area contributed by atoms with E-state index in [4.69, 9.17) is 11.5 Å². The Bertz CT molecular complexity index is 2570. The number of unbranched alkanes of at least 4 members (excludes halogenated alkanes) is 1. The Morgan fingerprint density at radius 1 is 0.463 bits per heavy atom. The first-order valence-corrected chi connectivity index (χ1v) is 27.7. The predicted octanol–water partition coefficient (Wildman–Crippen LogP) is 0.445. The molecule has 450 valence electrons. The average Bonchev–Trinajstić information content (AvgIpc) is 3.50. The zero-order valence-corrected chi connectivity index (χ0v) is 47.5. The van der Waals surface area contributed by atoms with E-state index in [0.717, 1.165) is 5.56 Å². The summed E-state index contributed by atoms with van der Waals surface area (Å²) in [5, 5.41) is 60.5. The van der Waals surface area contributed by atoms with Crippen molar-refractivity contribution in [3.8, 4) is 5.75 Å². The van der Waals surface area contributed by atoms with Gasteiger partial charge >= 0.3 is 11.9 Å². The Morgan fingerprint density at radius 2 is 0.866 bits per heavy atom. The number of carbonyl (C=O) groups excluding carboxylic acids is 8. The molecule has 0 saturated carbocycles. The number of benzene rings is 3. The summed E-state index contributed by atoms with van der Waals surface area (Å²) in [7, 11) is 0. The highest BCUT2D eigenvalue weighted by Gasteiger charge is 2.37. The molecular weight excluding hydrogens is 1060 g/mol. The Balaban J connectivity index is 1.91. The molecule has 24 nitrogen and oxygen atoms in total. The first-order valence-electron chi connectivity index (χ1n) is 27.7. The molecule has 0 bridgehead atoms. The smallest absolute Gasteiger partial charge is 0.326 e. The number of aliphatic hydroxyl groups is 1. The van der Waals surface area contributed by atoms with Crippen molar-refractivity contribution in [2.75, 3.05) is 13.2 Å². The highest BCUT2D eigenvalue weighted by molar-refractivity contribution is 5.98. The number of hydrogen-bond donors (Lipinski definition) is 14. The molecule has 0 radical (unpaired) electrons. The van der Waals surface area contributed by atoms with Crippen molar-refractivity contribution >= 4 is 59.2 Å². The molecule has 0 aromatic heterocycles. The second-order valence-corrected chi connectivity index (χ2v) is 20.9. The van der Waals surface area contributed by atoms with Crippen LogP contribution in [0.1, 0.15) is 103 Å². The predicted molar refractivity (Wildman–Crippen MR) is 304 cm³/mol. The number of rotatable bonds is 36. The molecule has 24 heteroatoms. The number of phenolic OH excluding ortho intramolecular Hbond substituents is 1. The minimum atomic E-state index is -1.71. The highest BCUT2D eigenvalue weighted by Crippen LogP contribution is 2.16. The van der Waals surface area contributed by atoms with Crippen molar-refractivity contribution in [2.24, 2.45) is 29.2 Å². The number of aromatic hydroxyl groups is 1. The number of hydrogen-bond acceptors (Lipinski definition) is 14. The first-order chi connectivity index (χ1) is 38.9. The summed E-state index contributed by atoms with van der Waals surface area (Å²) in [4.78, 5) is 136. The van der Waals surface area contributed by atoms with Crippen LogP contribution in [0.3, 0.4) is 0 Å². The first kappa shape index (κ1) is 68.3. The third-order valence-electron chi connectivity index (χ3n) is 14.1. The number of aliphatic carboxylic acids is 2. The van der Waals surface area contributed by atoms with Gasteiger partial charge in [-0.05, 0) is 85.2 Å². The number of nitrogens with two attached hydrogens (primary N) is 2. The van der Waals surface area contributed by atoms with E-state index >= 15 is 0 Å². The van der Waals surface area contributed by atoms with Gasteiger partial charge in [0.05, 0.1) is 12.6 Å². The number of carboxylic acid groups (broad SMARTS) is 2. The zero-order valence-electron chi connectivity index (χ0n) is 47.5. The standard InChI is InChI=1S/C58H84N10O14/c1-7-34(5)48(57(80)64-43(30-37-19-13-10-14-20-37)53(76)63-44(31-38-22-24-39(70)25-23-38)54(77)68-49(58(81)82)35(6)8-2)67-52(75)41(21-15-16-28-59)61-51(74)42(26-27-46(71)72)62-55(78)45(32-69)65-56(79)47(33(3)4)66-50(73)40(60)29-36-17-11-9-12-18-36/h9-14,17-20,22-25,33-35,40-45,47-49,69-70H,7-8,15-16,21,26-32,59-60H2,1-6H3,(H,61,74)(H,62,78)(H,63,76)(H,64,80)(H,65,79)(H,66,73)(H,67,75)(H,68,77)(H,71,72)(H,81,82)/t34-,35-,40-,41-,42-,43-,44-,45-,47-,48-,49-/m0/s1. The van der Waals surface area contributed by atoms with Crippen LogP contribution >= 0.6 is 0 Å². The Kier molecular flexibility index (Phi) is 29.2. The molecule has 0 spiro atoms. The molecule has 3 aromatic rings. The largest absolute Gasteiger partial charge is 0.508 e. The maximum absolute atomic E-state index is 14.6. The zero-order chi connectivity index (χ0) is 61.1. The molecule has 0 fully saturated rings. The van der Waals surface area contributed by atoms with E-state index in [-0.39, 0.29) is 44.4 Å². The number of aliphatic hydroxyl groups excluding tert-OH is 1. The van der Waals surface area contributed by atoms with Gasteiger partial charge in [-0.2, -0.15) is 0 Å². The van der Waals surface area contributed by atoms with Gasteiger partial charge in [-0.15, -0.1) is 0 Å². The number of phenols is 1. The fourth-order valence-corrected chi connectivity index (χ4v) is 8.62. The quantitative estimate of drug-likeness (QED) is 0.0351. The maximum Gasteiger partial charge on any atom is 0.326 e. The van der Waals surface area contributed by atoms with Gasteiger partial charge in [0.2, 0.25) is 47.3 Å². The van der Waals surface area contributed by atoms with E-state index < -0.39 is 151 Å². The van der Waals surface area contributed by atoms with E-state index in [2.05, 4.69) is 42.5 Å². The van der Waals surface area contributed by atoms with E-state index in [1.54, 1.807) is 102 Å². The van der Waals surface area contributed by atoms with Crippen molar-refractivity contribution in [2.45, 2.75) is 160 Å². The summed E-state index contributed by atoms with van der Waals surface area (Å²) in [5.74, 6) is -11.4. The van der Waals surface area contributed by atoms with Crippen LogP contribution in [-0.2, 0) is 67.2 Å². The number of amides is 8. The van der Waals surface area contributed by atoms with Gasteiger partial charge < -0.3 is 74.4 Å². The minimum Gasteiger partial charge on any atom is -0.508 e. The average molecular weight is 1150 g/mol. The van der Waals surface area contributed by atoms with Gasteiger partial charge in [0.15, 0.2) is 0 Å². The van der Waals surface area contributed by atoms with Gasteiger partial charge in [0, 0.05) is 19.3 Å². The van der Waals surface area contributed by atoms with Gasteiger partial charge in [-0.1, -0.05) is 127 Å². The Labute approximate surface area is 478 Å². The highest BCUT2D eigenvalue weighted by atomic mass is 16.4. The third kappa shape index (κ3) is 22.9. The maximum atomic E-state index is 14.6. The van der Waals surface area contributed by atoms with Crippen LogP contribution < -0.4 is 54.0 Å². The molecule has 11 atom stereocenters. The van der Waals surface area contributed by atoms with Gasteiger partial charge in [0.25, 0.3) is 0 Å². The normalized spacial score (nSPS) is 15.2. The van der Waals surface area contributed by atoms with Crippen molar-refractivity contribution < 1.29 is 68.4 Å². The SMILES string of the molecule is CC[C@H](C)[C@H](NC(=O)[C@H](Cc1ccc(O)cc1)NC(=O)[C@H](Cc1ccccc1)NC(=O)[C@@H](NC(=O)[C@H](CCCCN)NC(=O)[C@H](CCC(=O)O)NC(=O)[C@H](CO)NC(=O)[C@@H](NC(=O)[C@@H](N)Cc1ccccc1)C(C)C)[C@@H](C)CC)C(=O)O. The van der Waals surface area contributed by atoms with Crippen LogP contribution in [0.15, 0.2) is 84.9 Å². The van der Waals surface area contributed by atoms with Gasteiger partial charge in [-0.25, -0.2) is 4.79 Å². The lowest BCUT2D eigenvalue weighted by Gasteiger charge is -2.30. The molecule has 3 aromatic carbocycles. The van der Waals surface area contributed by atoms with Crippen molar-refractivity contribution in [3.63, 3.8) is 0 Å². The lowest BCUT2D eigenvalue weighted by Crippen LogP contribution is -2.62. The molecule has 16 N–H and O–H groups in total. The summed E-state index contributed by atoms with van der Waals surface area (Å²) in [5.41, 5.74) is 13.8. The molecule has 0 aliphatic heterocycles. The monoisotopic (exact) mass is 1140 g/mol. The molecule has 8 amide bonds. The number of carbonyl (C=O) groups is 10. The summed E-state index contributed by atoms with van der Waals surface area (Å²) >= 11 is 0. The molecule has 82 heavy (non-hydrogen) atoms. The molecule has 0 aliphatic rings. The van der Waals surface area contributed by atoms with Crippen LogP contribution in [0.2, 0.25) is 0 Å². The molecule has 0 saturated heterocycles. The fraction of sp³-hybridized carbons (Fsp3) is 0.517. The van der Waals surface area contributed by atoms with E-state index in [1.807, 2.05) is 0 Å². The van der Waals surface area contributed by atoms with Gasteiger partial charge in [0.1, 0.15) is 54.1 Å². The Morgan fingerprint density at radius 3 is 1.37 bits per heavy atom. The van der Waals surface area contributed by atoms with E-state index in [9.17, 15) is 68.4 Å². The summed E-state index contributed by atoms with van der Waals surface area (Å²) in [6.45, 7) is 9.30. The molecule has 3 rings (SSSR count). The van der Waals surface area contributed by atoms with Crippen LogP contribution in [0.4, 0.5) is 0 Å². The molecular formula is C58H84N10O14. The fourth-order valence-electron chi connectivity index (χ4n) is 8.62. The molecule has 0 aliphatic carbocycles. The Hall–Kier alpha value is -7.96. The van der Waals surface area contributed by atoms with Gasteiger partial charge in [-0.3, -0.25) is 43.2 Å². The topological polar surface area (TPSA) is 400 Å². The second kappa shape index (κ2) is 35.0. The third-order valence-corrected chi connectivity index (χ3v) is 14.1. The lowest BCUT2D eigenvalue weighted by atomic mass is 9.96. The van der Waals surface area contributed by atoms with Crippen molar-refractivity contribution in [3.05, 3.63) is 102 Å². The van der Waals surface area contributed by atoms with Crippen LogP contribution in [0, 0.1) is 17.8 Å². The minimum absolute atomic E-state index is 0.0564. The van der Waals surface area contributed by atoms with Crippen molar-refractivity contribution in [1.29, 1.82) is 0 Å². The van der Waals surface area contributed by atoms with Crippen LogP contribution in [0.25, 0.3) is 0 Å². The summed E-state index contributed by atoms with van der Waals surface area (Å²) in [6.07, 6.45) is 0.0530. The van der Waals surface area contributed by atoms with Crippen LogP contribution in [-0.4, -0.2) is 147 Å². The van der Waals surface area contributed by atoms with Crippen LogP contribution in [0.5, 0.6) is 5.75 Å².